The third kappa shape index (κ3) is 13.2. The summed E-state index contributed by atoms with van der Waals surface area (Å²) in [7, 11) is 0. The lowest BCUT2D eigenvalue weighted by atomic mass is 9.94. The van der Waals surface area contributed by atoms with E-state index in [1.807, 2.05) is 62.4 Å². The Hall–Kier alpha value is -4.14. The highest BCUT2D eigenvalue weighted by atomic mass is 16.6. The number of rotatable bonds is 16. The van der Waals surface area contributed by atoms with Gasteiger partial charge in [0.25, 0.3) is 0 Å². The standard InChI is InChI=1S/C39H57N3O6/c1-11-14-18-24-42(35(44)32(27(4)12-2)41-37(46)48-39(8,9)10)33(30-23-19-22-28(13-3)25-30)34(43)40-31(36(45)47-38(5,6)7)26-29-20-16-15-17-21-29/h13,15-17,19-23,25,27,31-33H,3,11-12,14,18,24,26H2,1-2,4-10H3,(H,40,43)(H,41,46). The molecule has 2 aromatic carbocycles. The Morgan fingerprint density at radius 2 is 1.52 bits per heavy atom. The second kappa shape index (κ2) is 18.4. The highest BCUT2D eigenvalue weighted by molar-refractivity contribution is 5.94. The fraction of sp³-hybridized carbons (Fsp3) is 0.538. The van der Waals surface area contributed by atoms with Gasteiger partial charge in [0.05, 0.1) is 0 Å². The summed E-state index contributed by atoms with van der Waals surface area (Å²) in [4.78, 5) is 57.4. The highest BCUT2D eigenvalue weighted by Crippen LogP contribution is 2.27. The smallest absolute Gasteiger partial charge is 0.408 e. The molecule has 2 rings (SSSR count). The molecule has 2 aromatic rings. The molecule has 0 spiro atoms. The Kier molecular flexibility index (Phi) is 15.4. The van der Waals surface area contributed by atoms with Crippen LogP contribution in [0.2, 0.25) is 0 Å². The minimum absolute atomic E-state index is 0.195. The van der Waals surface area contributed by atoms with Crippen LogP contribution >= 0.6 is 0 Å². The monoisotopic (exact) mass is 663 g/mol. The first kappa shape index (κ1) is 40.0. The number of ether oxygens (including phenoxy) is 2. The van der Waals surface area contributed by atoms with Crippen molar-refractivity contribution in [1.82, 2.24) is 15.5 Å². The zero-order chi connectivity index (χ0) is 36.1. The Labute approximate surface area is 287 Å². The maximum absolute atomic E-state index is 14.7. The van der Waals surface area contributed by atoms with Crippen molar-refractivity contribution in [2.45, 2.75) is 124 Å². The molecule has 0 saturated heterocycles. The summed E-state index contributed by atoms with van der Waals surface area (Å²) >= 11 is 0. The van der Waals surface area contributed by atoms with E-state index >= 15 is 0 Å². The Morgan fingerprint density at radius 1 is 0.875 bits per heavy atom. The Balaban J connectivity index is 2.68. The molecule has 0 bridgehead atoms. The molecule has 2 N–H and O–H groups in total. The quantitative estimate of drug-likeness (QED) is 0.143. The molecule has 0 aliphatic rings. The van der Waals surface area contributed by atoms with E-state index in [2.05, 4.69) is 24.1 Å². The molecule has 4 atom stereocenters. The maximum Gasteiger partial charge on any atom is 0.408 e. The van der Waals surface area contributed by atoms with E-state index in [4.69, 9.17) is 9.47 Å². The summed E-state index contributed by atoms with van der Waals surface area (Å²) in [5, 5.41) is 5.76. The Morgan fingerprint density at radius 3 is 2.08 bits per heavy atom. The van der Waals surface area contributed by atoms with Gasteiger partial charge in [0, 0.05) is 13.0 Å². The summed E-state index contributed by atoms with van der Waals surface area (Å²) in [5.41, 5.74) is 0.611. The maximum atomic E-state index is 14.7. The van der Waals surface area contributed by atoms with Crippen LogP contribution in [0, 0.1) is 5.92 Å². The van der Waals surface area contributed by atoms with Crippen molar-refractivity contribution in [2.75, 3.05) is 6.54 Å². The van der Waals surface area contributed by atoms with Crippen molar-refractivity contribution in [1.29, 1.82) is 0 Å². The van der Waals surface area contributed by atoms with Gasteiger partial charge in [-0.15, -0.1) is 0 Å². The number of nitrogens with one attached hydrogen (secondary N) is 2. The molecule has 0 fully saturated rings. The number of nitrogens with zero attached hydrogens (tertiary/aromatic N) is 1. The number of benzene rings is 2. The van der Waals surface area contributed by atoms with Gasteiger partial charge in [-0.25, -0.2) is 9.59 Å². The number of alkyl carbamates (subject to hydrolysis) is 1. The van der Waals surface area contributed by atoms with Crippen molar-refractivity contribution in [3.8, 4) is 0 Å². The summed E-state index contributed by atoms with van der Waals surface area (Å²) in [6.45, 7) is 20.6. The van der Waals surface area contributed by atoms with Gasteiger partial charge < -0.3 is 25.0 Å². The van der Waals surface area contributed by atoms with Gasteiger partial charge in [0.1, 0.15) is 29.3 Å². The SMILES string of the molecule is C=Cc1cccc(C(C(=O)NC(Cc2ccccc2)C(=O)OC(C)(C)C)N(CCCCC)C(=O)C(NC(=O)OC(C)(C)C)C(C)CC)c1. The summed E-state index contributed by atoms with van der Waals surface area (Å²) in [6, 6.07) is 13.5. The van der Waals surface area contributed by atoms with Crippen molar-refractivity contribution < 1.29 is 28.7 Å². The average molecular weight is 664 g/mol. The van der Waals surface area contributed by atoms with Gasteiger partial charge in [-0.1, -0.05) is 101 Å². The molecule has 0 heterocycles. The predicted molar refractivity (Wildman–Crippen MR) is 191 cm³/mol. The molecule has 0 aromatic heterocycles. The minimum Gasteiger partial charge on any atom is -0.458 e. The van der Waals surface area contributed by atoms with E-state index in [9.17, 15) is 19.2 Å². The predicted octanol–water partition coefficient (Wildman–Crippen LogP) is 7.40. The fourth-order valence-electron chi connectivity index (χ4n) is 5.19. The zero-order valence-electron chi connectivity index (χ0n) is 30.4. The van der Waals surface area contributed by atoms with Crippen LogP contribution in [-0.2, 0) is 30.3 Å². The molecule has 0 aliphatic carbocycles. The Bertz CT molecular complexity index is 1360. The molecule has 0 saturated carbocycles. The van der Waals surface area contributed by atoms with E-state index in [0.29, 0.717) is 18.4 Å². The topological polar surface area (TPSA) is 114 Å². The molecule has 9 heteroatoms. The van der Waals surface area contributed by atoms with Gasteiger partial charge >= 0.3 is 12.1 Å². The number of esters is 1. The van der Waals surface area contributed by atoms with Gasteiger partial charge in [0.15, 0.2) is 0 Å². The van der Waals surface area contributed by atoms with E-state index in [0.717, 1.165) is 24.0 Å². The summed E-state index contributed by atoms with van der Waals surface area (Å²) in [6.07, 6.45) is 4.10. The van der Waals surface area contributed by atoms with E-state index < -0.39 is 53.2 Å². The number of amides is 3. The van der Waals surface area contributed by atoms with Crippen LogP contribution in [-0.4, -0.2) is 58.6 Å². The van der Waals surface area contributed by atoms with Crippen molar-refractivity contribution in [3.05, 3.63) is 77.9 Å². The number of hydrogen-bond acceptors (Lipinski definition) is 6. The lowest BCUT2D eigenvalue weighted by Gasteiger charge is -2.37. The second-order valence-corrected chi connectivity index (χ2v) is 14.3. The third-order valence-electron chi connectivity index (χ3n) is 7.75. The van der Waals surface area contributed by atoms with E-state index in [1.165, 1.54) is 4.90 Å². The van der Waals surface area contributed by atoms with Crippen LogP contribution in [0.3, 0.4) is 0 Å². The van der Waals surface area contributed by atoms with Crippen molar-refractivity contribution in [3.63, 3.8) is 0 Å². The molecule has 3 amide bonds. The number of unbranched alkanes of at least 4 members (excludes halogenated alkanes) is 2. The first-order valence-electron chi connectivity index (χ1n) is 17.1. The normalized spacial score (nSPS) is 14.1. The fourth-order valence-corrected chi connectivity index (χ4v) is 5.19. The zero-order valence-corrected chi connectivity index (χ0v) is 30.4. The molecule has 4 unspecified atom stereocenters. The van der Waals surface area contributed by atoms with Gasteiger partial charge in [-0.2, -0.15) is 0 Å². The lowest BCUT2D eigenvalue weighted by Crippen LogP contribution is -2.56. The van der Waals surface area contributed by atoms with E-state index in [-0.39, 0.29) is 18.9 Å². The van der Waals surface area contributed by atoms with Crippen LogP contribution in [0.5, 0.6) is 0 Å². The molecular formula is C39H57N3O6. The van der Waals surface area contributed by atoms with Gasteiger partial charge in [-0.3, -0.25) is 9.59 Å². The van der Waals surface area contributed by atoms with Crippen LogP contribution in [0.25, 0.3) is 6.08 Å². The van der Waals surface area contributed by atoms with Crippen LogP contribution in [0.4, 0.5) is 4.79 Å². The first-order valence-corrected chi connectivity index (χ1v) is 17.1. The van der Waals surface area contributed by atoms with Crippen LogP contribution in [0.1, 0.15) is 111 Å². The third-order valence-corrected chi connectivity index (χ3v) is 7.75. The first-order chi connectivity index (χ1) is 22.5. The minimum atomic E-state index is -1.12. The van der Waals surface area contributed by atoms with Gasteiger partial charge in [0.2, 0.25) is 11.8 Å². The van der Waals surface area contributed by atoms with Crippen LogP contribution < -0.4 is 10.6 Å². The van der Waals surface area contributed by atoms with Crippen molar-refractivity contribution >= 4 is 30.0 Å². The lowest BCUT2D eigenvalue weighted by molar-refractivity contribution is -0.159. The number of carbonyl (C=O) groups excluding carboxylic acids is 4. The van der Waals surface area contributed by atoms with Gasteiger partial charge in [-0.05, 0) is 76.6 Å². The van der Waals surface area contributed by atoms with Crippen molar-refractivity contribution in [2.24, 2.45) is 5.92 Å². The summed E-state index contributed by atoms with van der Waals surface area (Å²) in [5.74, 6) is -1.79. The largest absolute Gasteiger partial charge is 0.458 e. The summed E-state index contributed by atoms with van der Waals surface area (Å²) < 4.78 is 11.3. The van der Waals surface area contributed by atoms with Crippen LogP contribution in [0.15, 0.2) is 61.2 Å². The molecule has 0 aliphatic heterocycles. The highest BCUT2D eigenvalue weighted by Gasteiger charge is 2.39. The average Bonchev–Trinajstić information content (AvgIpc) is 3.01. The molecule has 264 valence electrons. The molecule has 48 heavy (non-hydrogen) atoms. The van der Waals surface area contributed by atoms with E-state index in [1.54, 1.807) is 53.7 Å². The molecule has 9 nitrogen and oxygen atoms in total. The second-order valence-electron chi connectivity index (χ2n) is 14.3. The molecular weight excluding hydrogens is 606 g/mol. The molecule has 0 radical (unpaired) electrons. The number of carbonyl (C=O) groups is 4. The number of hydrogen-bond donors (Lipinski definition) is 2.